The number of thioether (sulfide) groups is 1. The van der Waals surface area contributed by atoms with Crippen LogP contribution < -0.4 is 4.74 Å². The van der Waals surface area contributed by atoms with Crippen molar-refractivity contribution in [1.82, 2.24) is 4.98 Å². The van der Waals surface area contributed by atoms with Gasteiger partial charge in [-0.25, -0.2) is 9.78 Å². The van der Waals surface area contributed by atoms with Gasteiger partial charge in [-0.2, -0.15) is 0 Å². The van der Waals surface area contributed by atoms with Crippen molar-refractivity contribution < 1.29 is 14.6 Å². The van der Waals surface area contributed by atoms with Gasteiger partial charge in [0.15, 0.2) is 5.69 Å². The summed E-state index contributed by atoms with van der Waals surface area (Å²) in [5.74, 6) is 0.379. The second-order valence-corrected chi connectivity index (χ2v) is 4.83. The Balaban J connectivity index is 2.07. The SMILES string of the molecule is COc1ccc(SCc2cccnc2C(=O)O)cc1. The lowest BCUT2D eigenvalue weighted by Crippen LogP contribution is -2.04. The molecule has 0 unspecified atom stereocenters. The van der Waals surface area contributed by atoms with Gasteiger partial charge in [0.1, 0.15) is 5.75 Å². The Labute approximate surface area is 115 Å². The van der Waals surface area contributed by atoms with E-state index < -0.39 is 5.97 Å². The number of carbonyl (C=O) groups is 1. The number of pyridine rings is 1. The highest BCUT2D eigenvalue weighted by atomic mass is 32.2. The van der Waals surface area contributed by atoms with E-state index in [1.807, 2.05) is 24.3 Å². The largest absolute Gasteiger partial charge is 0.497 e. The average Bonchev–Trinajstić information content (AvgIpc) is 2.46. The van der Waals surface area contributed by atoms with Crippen LogP contribution in [-0.2, 0) is 5.75 Å². The van der Waals surface area contributed by atoms with Crippen LogP contribution in [0.2, 0.25) is 0 Å². The molecule has 19 heavy (non-hydrogen) atoms. The van der Waals surface area contributed by atoms with E-state index in [0.717, 1.165) is 16.2 Å². The van der Waals surface area contributed by atoms with Crippen LogP contribution in [-0.4, -0.2) is 23.2 Å². The Kier molecular flexibility index (Phi) is 4.41. The number of methoxy groups -OCH3 is 1. The van der Waals surface area contributed by atoms with E-state index in [2.05, 4.69) is 4.98 Å². The highest BCUT2D eigenvalue weighted by molar-refractivity contribution is 7.98. The molecule has 0 radical (unpaired) electrons. The van der Waals surface area contributed by atoms with E-state index in [-0.39, 0.29) is 5.69 Å². The maximum atomic E-state index is 11.0. The van der Waals surface area contributed by atoms with Gasteiger partial charge in [-0.15, -0.1) is 11.8 Å². The molecular formula is C14H13NO3S. The van der Waals surface area contributed by atoms with E-state index in [0.29, 0.717) is 5.75 Å². The molecule has 4 nitrogen and oxygen atoms in total. The summed E-state index contributed by atoms with van der Waals surface area (Å²) in [4.78, 5) is 16.0. The number of hydrogen-bond donors (Lipinski definition) is 1. The maximum absolute atomic E-state index is 11.0. The molecule has 0 aliphatic rings. The number of carboxylic acids is 1. The lowest BCUT2D eigenvalue weighted by Gasteiger charge is -2.05. The minimum Gasteiger partial charge on any atom is -0.497 e. The Morgan fingerprint density at radius 1 is 1.32 bits per heavy atom. The van der Waals surface area contributed by atoms with Crippen LogP contribution in [0.3, 0.4) is 0 Å². The van der Waals surface area contributed by atoms with E-state index in [9.17, 15) is 4.79 Å². The van der Waals surface area contributed by atoms with Crippen LogP contribution >= 0.6 is 11.8 Å². The van der Waals surface area contributed by atoms with Crippen molar-refractivity contribution in [3.05, 3.63) is 53.9 Å². The number of ether oxygens (including phenoxy) is 1. The zero-order chi connectivity index (χ0) is 13.7. The number of benzene rings is 1. The van der Waals surface area contributed by atoms with Gasteiger partial charge in [-0.05, 0) is 35.9 Å². The molecule has 1 aromatic carbocycles. The van der Waals surface area contributed by atoms with Crippen LogP contribution in [0.25, 0.3) is 0 Å². The second kappa shape index (κ2) is 6.24. The first-order valence-electron chi connectivity index (χ1n) is 5.64. The molecule has 0 aliphatic heterocycles. The normalized spacial score (nSPS) is 10.2. The Morgan fingerprint density at radius 3 is 2.68 bits per heavy atom. The zero-order valence-electron chi connectivity index (χ0n) is 10.4. The smallest absolute Gasteiger partial charge is 0.354 e. The minimum absolute atomic E-state index is 0.114. The summed E-state index contributed by atoms with van der Waals surface area (Å²) in [6.45, 7) is 0. The maximum Gasteiger partial charge on any atom is 0.354 e. The number of rotatable bonds is 5. The molecule has 0 atom stereocenters. The van der Waals surface area contributed by atoms with Crippen molar-refractivity contribution in [3.63, 3.8) is 0 Å². The number of carboxylic acid groups (broad SMARTS) is 1. The number of aromatic carboxylic acids is 1. The van der Waals surface area contributed by atoms with Crippen molar-refractivity contribution in [1.29, 1.82) is 0 Å². The monoisotopic (exact) mass is 275 g/mol. The zero-order valence-corrected chi connectivity index (χ0v) is 11.2. The molecule has 0 saturated heterocycles. The third-order valence-corrected chi connectivity index (χ3v) is 3.61. The lowest BCUT2D eigenvalue weighted by atomic mass is 10.2. The fourth-order valence-electron chi connectivity index (χ4n) is 1.58. The van der Waals surface area contributed by atoms with E-state index >= 15 is 0 Å². The molecule has 1 aromatic heterocycles. The number of aromatic nitrogens is 1. The topological polar surface area (TPSA) is 59.4 Å². The van der Waals surface area contributed by atoms with Crippen molar-refractivity contribution in [3.8, 4) is 5.75 Å². The molecule has 2 aromatic rings. The van der Waals surface area contributed by atoms with Gasteiger partial charge >= 0.3 is 5.97 Å². The highest BCUT2D eigenvalue weighted by Gasteiger charge is 2.10. The van der Waals surface area contributed by atoms with Crippen LogP contribution in [0.1, 0.15) is 16.1 Å². The number of nitrogens with zero attached hydrogens (tertiary/aromatic N) is 1. The molecular weight excluding hydrogens is 262 g/mol. The fraction of sp³-hybridized carbons (Fsp3) is 0.143. The third kappa shape index (κ3) is 3.48. The van der Waals surface area contributed by atoms with Crippen molar-refractivity contribution in [2.75, 3.05) is 7.11 Å². The molecule has 1 N–H and O–H groups in total. The molecule has 0 spiro atoms. The molecule has 0 saturated carbocycles. The van der Waals surface area contributed by atoms with Crippen LogP contribution in [0.15, 0.2) is 47.5 Å². The molecule has 0 aliphatic carbocycles. The van der Waals surface area contributed by atoms with E-state index in [1.54, 1.807) is 31.0 Å². The lowest BCUT2D eigenvalue weighted by molar-refractivity contribution is 0.0689. The van der Waals surface area contributed by atoms with Gasteiger partial charge < -0.3 is 9.84 Å². The van der Waals surface area contributed by atoms with Gasteiger partial charge in [-0.3, -0.25) is 0 Å². The summed E-state index contributed by atoms with van der Waals surface area (Å²) in [7, 11) is 1.62. The number of hydrogen-bond acceptors (Lipinski definition) is 4. The van der Waals surface area contributed by atoms with Crippen LogP contribution in [0.4, 0.5) is 0 Å². The van der Waals surface area contributed by atoms with Gasteiger partial charge in [0.05, 0.1) is 7.11 Å². The summed E-state index contributed by atoms with van der Waals surface area (Å²) in [6.07, 6.45) is 1.49. The average molecular weight is 275 g/mol. The molecule has 1 heterocycles. The third-order valence-electron chi connectivity index (χ3n) is 2.55. The standard InChI is InChI=1S/C14H13NO3S/c1-18-11-4-6-12(7-5-11)19-9-10-3-2-8-15-13(10)14(16)17/h2-8H,9H2,1H3,(H,16,17). The molecule has 0 bridgehead atoms. The van der Waals surface area contributed by atoms with E-state index in [1.165, 1.54) is 6.20 Å². The molecule has 5 heteroatoms. The van der Waals surface area contributed by atoms with Crippen molar-refractivity contribution in [2.45, 2.75) is 10.6 Å². The van der Waals surface area contributed by atoms with Gasteiger partial charge in [0.2, 0.25) is 0 Å². The molecule has 0 fully saturated rings. The molecule has 2 rings (SSSR count). The first-order valence-corrected chi connectivity index (χ1v) is 6.63. The second-order valence-electron chi connectivity index (χ2n) is 3.78. The summed E-state index contributed by atoms with van der Waals surface area (Å²) in [5, 5.41) is 9.04. The summed E-state index contributed by atoms with van der Waals surface area (Å²) < 4.78 is 5.09. The Morgan fingerprint density at radius 2 is 2.05 bits per heavy atom. The van der Waals surface area contributed by atoms with Crippen LogP contribution in [0.5, 0.6) is 5.75 Å². The Bertz CT molecular complexity index is 569. The van der Waals surface area contributed by atoms with Gasteiger partial charge in [0.25, 0.3) is 0 Å². The van der Waals surface area contributed by atoms with Crippen molar-refractivity contribution in [2.24, 2.45) is 0 Å². The quantitative estimate of drug-likeness (QED) is 0.850. The van der Waals surface area contributed by atoms with Crippen LogP contribution in [0, 0.1) is 0 Å². The van der Waals surface area contributed by atoms with Crippen molar-refractivity contribution >= 4 is 17.7 Å². The first kappa shape index (κ1) is 13.4. The Hall–Kier alpha value is -2.01. The summed E-state index contributed by atoms with van der Waals surface area (Å²) >= 11 is 1.57. The first-order chi connectivity index (χ1) is 9.20. The molecule has 98 valence electrons. The van der Waals surface area contributed by atoms with Gasteiger partial charge in [0, 0.05) is 16.8 Å². The fourth-order valence-corrected chi connectivity index (χ4v) is 2.46. The van der Waals surface area contributed by atoms with Gasteiger partial charge in [-0.1, -0.05) is 6.07 Å². The molecule has 0 amide bonds. The predicted molar refractivity (Wildman–Crippen MR) is 73.8 cm³/mol. The minimum atomic E-state index is -0.995. The predicted octanol–water partition coefficient (Wildman–Crippen LogP) is 3.08. The summed E-state index contributed by atoms with van der Waals surface area (Å²) in [5.41, 5.74) is 0.833. The summed E-state index contributed by atoms with van der Waals surface area (Å²) in [6, 6.07) is 11.2. The highest BCUT2D eigenvalue weighted by Crippen LogP contribution is 2.25. The van der Waals surface area contributed by atoms with E-state index in [4.69, 9.17) is 9.84 Å².